The maximum Gasteiger partial charge on any atom is 0.337 e. The number of piperidine rings is 1. The zero-order chi connectivity index (χ0) is 32.0. The molecule has 1 N–H and O–H groups in total. The highest BCUT2D eigenvalue weighted by Gasteiger charge is 2.37. The number of nitrogens with zero attached hydrogens (tertiary/aromatic N) is 3. The number of carbonyl (C=O) groups is 1. The Bertz CT molecular complexity index is 1540. The number of rotatable bonds is 7. The summed E-state index contributed by atoms with van der Waals surface area (Å²) < 4.78 is 6.27. The second-order valence-corrected chi connectivity index (χ2v) is 14.9. The van der Waals surface area contributed by atoms with E-state index in [2.05, 4.69) is 61.8 Å². The Morgan fingerprint density at radius 1 is 1.09 bits per heavy atom. The molecule has 1 fully saturated rings. The molecular weight excluding hydrogens is 570 g/mol. The Balaban J connectivity index is 1.59. The van der Waals surface area contributed by atoms with Crippen molar-refractivity contribution in [3.63, 3.8) is 0 Å². The first-order chi connectivity index (χ1) is 20.6. The van der Waals surface area contributed by atoms with Crippen LogP contribution in [0.15, 0.2) is 36.4 Å². The molecule has 44 heavy (non-hydrogen) atoms. The van der Waals surface area contributed by atoms with E-state index in [1.807, 2.05) is 39.8 Å². The number of pyridine rings is 1. The number of halogens is 1. The van der Waals surface area contributed by atoms with E-state index in [0.29, 0.717) is 11.3 Å². The summed E-state index contributed by atoms with van der Waals surface area (Å²) in [6, 6.07) is 12.9. The lowest BCUT2D eigenvalue weighted by Crippen LogP contribution is -2.42. The monoisotopic (exact) mass is 617 g/mol. The van der Waals surface area contributed by atoms with Crippen LogP contribution in [0.1, 0.15) is 92.8 Å². The summed E-state index contributed by atoms with van der Waals surface area (Å²) in [5.41, 5.74) is 9.91. The van der Waals surface area contributed by atoms with Crippen molar-refractivity contribution in [2.24, 2.45) is 5.41 Å². The van der Waals surface area contributed by atoms with Gasteiger partial charge in [-0.3, -0.25) is 9.88 Å². The molecule has 2 aromatic carbocycles. The zero-order valence-corrected chi connectivity index (χ0v) is 28.4. The van der Waals surface area contributed by atoms with Gasteiger partial charge < -0.3 is 14.7 Å². The average Bonchev–Trinajstić information content (AvgIpc) is 2.92. The van der Waals surface area contributed by atoms with Crippen LogP contribution >= 0.6 is 11.6 Å². The number of aromatic nitrogens is 1. The average molecular weight is 618 g/mol. The van der Waals surface area contributed by atoms with Gasteiger partial charge in [0.1, 0.15) is 0 Å². The fourth-order valence-electron chi connectivity index (χ4n) is 7.03. The lowest BCUT2D eigenvalue weighted by molar-refractivity contribution is -0.160. The van der Waals surface area contributed by atoms with Gasteiger partial charge in [0.2, 0.25) is 0 Å². The van der Waals surface area contributed by atoms with Crippen LogP contribution in [0, 0.1) is 26.2 Å². The Kier molecular flexibility index (Phi) is 9.19. The minimum Gasteiger partial charge on any atom is -0.479 e. The van der Waals surface area contributed by atoms with Crippen LogP contribution in [-0.4, -0.2) is 46.2 Å². The third kappa shape index (κ3) is 6.98. The summed E-state index contributed by atoms with van der Waals surface area (Å²) in [5, 5.41) is 11.3. The molecule has 1 aromatic heterocycles. The van der Waals surface area contributed by atoms with Crippen LogP contribution in [-0.2, 0) is 29.0 Å². The third-order valence-electron chi connectivity index (χ3n) is 9.07. The second-order valence-electron chi connectivity index (χ2n) is 14.5. The molecule has 0 aliphatic carbocycles. The summed E-state index contributed by atoms with van der Waals surface area (Å²) in [6.45, 7) is 20.8. The van der Waals surface area contributed by atoms with Crippen LogP contribution in [0.5, 0.6) is 0 Å². The molecule has 7 heteroatoms. The maximum absolute atomic E-state index is 12.8. The van der Waals surface area contributed by atoms with E-state index >= 15 is 0 Å². The van der Waals surface area contributed by atoms with E-state index < -0.39 is 17.7 Å². The van der Waals surface area contributed by atoms with E-state index in [0.717, 1.165) is 79.5 Å². The highest BCUT2D eigenvalue weighted by atomic mass is 35.5. The Labute approximate surface area is 268 Å². The molecule has 1 atom stereocenters. The van der Waals surface area contributed by atoms with Gasteiger partial charge >= 0.3 is 5.97 Å². The van der Waals surface area contributed by atoms with Gasteiger partial charge in [0.05, 0.1) is 11.3 Å². The molecule has 0 bridgehead atoms. The summed E-state index contributed by atoms with van der Waals surface area (Å²) in [7, 11) is 0. The van der Waals surface area contributed by atoms with Crippen LogP contribution < -0.4 is 4.90 Å². The molecule has 1 saturated heterocycles. The van der Waals surface area contributed by atoms with Crippen LogP contribution in [0.25, 0.3) is 11.1 Å². The number of anilines is 1. The van der Waals surface area contributed by atoms with Crippen molar-refractivity contribution in [2.45, 2.75) is 99.4 Å². The van der Waals surface area contributed by atoms with Crippen molar-refractivity contribution < 1.29 is 14.6 Å². The van der Waals surface area contributed by atoms with Crippen molar-refractivity contribution in [3.8, 4) is 11.1 Å². The molecule has 0 spiro atoms. The van der Waals surface area contributed by atoms with Crippen molar-refractivity contribution in [1.29, 1.82) is 0 Å². The molecule has 6 nitrogen and oxygen atoms in total. The normalized spacial score (nSPS) is 17.8. The number of hydrogen-bond donors (Lipinski definition) is 1. The number of carboxylic acid groups (broad SMARTS) is 1. The van der Waals surface area contributed by atoms with Crippen molar-refractivity contribution >= 4 is 23.3 Å². The Hall–Kier alpha value is -2.93. The molecule has 3 heterocycles. The lowest BCUT2D eigenvalue weighted by Gasteiger charge is -2.42. The first-order valence-electron chi connectivity index (χ1n) is 15.9. The topological polar surface area (TPSA) is 65.9 Å². The number of aliphatic carboxylic acids is 1. The SMILES string of the molecule is Cc1cccc(Cl)c1CN1CCc2cc(-c3c(C)nc(C)c(C(OC(C)(C)C)C(=O)O)c3N3CCCC(C)(C)C3)ccc2C1. The molecule has 0 saturated carbocycles. The molecule has 0 amide bonds. The summed E-state index contributed by atoms with van der Waals surface area (Å²) in [6.07, 6.45) is 2.01. The number of fused-ring (bicyclic) bond motifs is 1. The molecule has 2 aliphatic rings. The molecule has 1 unspecified atom stereocenters. The number of ether oxygens (including phenoxy) is 1. The van der Waals surface area contributed by atoms with Gasteiger partial charge in [-0.05, 0) is 100 Å². The fourth-order valence-corrected chi connectivity index (χ4v) is 7.31. The van der Waals surface area contributed by atoms with Gasteiger partial charge in [-0.1, -0.05) is 55.8 Å². The van der Waals surface area contributed by atoms with E-state index in [4.69, 9.17) is 21.3 Å². The first-order valence-corrected chi connectivity index (χ1v) is 16.3. The molecule has 2 aliphatic heterocycles. The van der Waals surface area contributed by atoms with Gasteiger partial charge in [0, 0.05) is 60.3 Å². The Morgan fingerprint density at radius 2 is 1.84 bits per heavy atom. The van der Waals surface area contributed by atoms with Gasteiger partial charge in [-0.2, -0.15) is 0 Å². The van der Waals surface area contributed by atoms with Gasteiger partial charge in [-0.25, -0.2) is 4.79 Å². The summed E-state index contributed by atoms with van der Waals surface area (Å²) in [5.74, 6) is -0.989. The van der Waals surface area contributed by atoms with E-state index in [1.54, 1.807) is 0 Å². The van der Waals surface area contributed by atoms with Gasteiger partial charge in [0.15, 0.2) is 6.10 Å². The molecule has 236 valence electrons. The van der Waals surface area contributed by atoms with Crippen molar-refractivity contribution in [3.05, 3.63) is 80.6 Å². The van der Waals surface area contributed by atoms with Gasteiger partial charge in [-0.15, -0.1) is 0 Å². The highest BCUT2D eigenvalue weighted by Crippen LogP contribution is 2.45. The van der Waals surface area contributed by atoms with Crippen LogP contribution in [0.2, 0.25) is 5.02 Å². The van der Waals surface area contributed by atoms with E-state index in [-0.39, 0.29) is 5.41 Å². The predicted octanol–water partition coefficient (Wildman–Crippen LogP) is 8.45. The quantitative estimate of drug-likeness (QED) is 0.287. The number of hydrogen-bond acceptors (Lipinski definition) is 5. The van der Waals surface area contributed by atoms with Crippen LogP contribution in [0.4, 0.5) is 5.69 Å². The second kappa shape index (κ2) is 12.5. The minimum absolute atomic E-state index is 0.112. The molecule has 0 radical (unpaired) electrons. The fraction of sp³-hybridized carbons (Fsp3) is 0.514. The van der Waals surface area contributed by atoms with Crippen molar-refractivity contribution in [1.82, 2.24) is 9.88 Å². The smallest absolute Gasteiger partial charge is 0.337 e. The third-order valence-corrected chi connectivity index (χ3v) is 9.43. The number of aryl methyl sites for hydroxylation is 3. The van der Waals surface area contributed by atoms with Crippen molar-refractivity contribution in [2.75, 3.05) is 24.5 Å². The Morgan fingerprint density at radius 3 is 2.50 bits per heavy atom. The maximum atomic E-state index is 12.8. The molecule has 5 rings (SSSR count). The number of benzene rings is 2. The summed E-state index contributed by atoms with van der Waals surface area (Å²) in [4.78, 5) is 22.7. The van der Waals surface area contributed by atoms with E-state index in [9.17, 15) is 9.90 Å². The zero-order valence-electron chi connectivity index (χ0n) is 27.7. The number of carboxylic acids is 1. The minimum atomic E-state index is -1.12. The van der Waals surface area contributed by atoms with Crippen LogP contribution in [0.3, 0.4) is 0 Å². The standard InChI is InChI=1S/C37H48ClN3O3/c1-23-11-9-12-30(38)29(23)21-40-18-15-26-19-27(13-14-28(26)20-40)31-24(2)39-25(3)32(34(35(42)43)44-36(4,5)6)33(31)41-17-10-16-37(7,8)22-41/h9,11-14,19,34H,10,15-18,20-22H2,1-8H3,(H,42,43). The van der Waals surface area contributed by atoms with Gasteiger partial charge in [0.25, 0.3) is 0 Å². The summed E-state index contributed by atoms with van der Waals surface area (Å²) >= 11 is 6.57. The molecular formula is C37H48ClN3O3. The molecule has 3 aromatic rings. The largest absolute Gasteiger partial charge is 0.479 e. The predicted molar refractivity (Wildman–Crippen MR) is 180 cm³/mol. The van der Waals surface area contributed by atoms with E-state index in [1.165, 1.54) is 22.3 Å². The first kappa shape index (κ1) is 32.5. The lowest BCUT2D eigenvalue weighted by atomic mass is 9.82. The highest BCUT2D eigenvalue weighted by molar-refractivity contribution is 6.31.